The first-order valence-corrected chi connectivity index (χ1v) is 19.6. The Morgan fingerprint density at radius 3 is 2.14 bits per heavy atom. The summed E-state index contributed by atoms with van der Waals surface area (Å²) in [6.07, 6.45) is -9.22. The molecule has 7 N–H and O–H groups in total. The van der Waals surface area contributed by atoms with Gasteiger partial charge >= 0.3 is 11.3 Å². The highest BCUT2D eigenvalue weighted by atomic mass is 32.2. The fourth-order valence-corrected chi connectivity index (χ4v) is 8.15. The number of nitrogens with two attached hydrogens (primary N) is 1. The zero-order valence-electron chi connectivity index (χ0n) is 32.1. The minimum atomic E-state index is -4.02. The van der Waals surface area contributed by atoms with Gasteiger partial charge in [-0.1, -0.05) is 35.9 Å². The van der Waals surface area contributed by atoms with Crippen molar-refractivity contribution in [2.24, 2.45) is 5.73 Å². The molecule has 2 fully saturated rings. The number of aliphatic hydroxyl groups is 3. The second-order valence-corrected chi connectivity index (χ2v) is 16.3. The summed E-state index contributed by atoms with van der Waals surface area (Å²) in [5.74, 6) is -0.386. The van der Waals surface area contributed by atoms with Crippen molar-refractivity contribution in [3.8, 4) is 11.5 Å². The van der Waals surface area contributed by atoms with Gasteiger partial charge in [0.2, 0.25) is 6.29 Å². The van der Waals surface area contributed by atoms with E-state index in [1.54, 1.807) is 44.2 Å². The summed E-state index contributed by atoms with van der Waals surface area (Å²) in [6.45, 7) is 8.05. The van der Waals surface area contributed by atoms with Crippen molar-refractivity contribution in [1.29, 1.82) is 0 Å². The number of rotatable bonds is 6. The van der Waals surface area contributed by atoms with Gasteiger partial charge in [0.1, 0.15) is 46.4 Å². The number of aliphatic hydroxyl groups excluding tert-OH is 2. The number of fused-ring (bicyclic) bond motifs is 2. The third-order valence-corrected chi connectivity index (χ3v) is 11.7. The van der Waals surface area contributed by atoms with Crippen LogP contribution >= 0.6 is 0 Å². The van der Waals surface area contributed by atoms with Crippen molar-refractivity contribution < 1.29 is 65.9 Å². The average molecular weight is 826 g/mol. The molecule has 0 unspecified atom stereocenters. The van der Waals surface area contributed by atoms with E-state index in [2.05, 4.69) is 0 Å². The van der Waals surface area contributed by atoms with Gasteiger partial charge in [-0.3, -0.25) is 4.55 Å². The Morgan fingerprint density at radius 1 is 0.828 bits per heavy atom. The zero-order valence-corrected chi connectivity index (χ0v) is 32.9. The normalized spacial score (nSPS) is 29.2. The van der Waals surface area contributed by atoms with Crippen molar-refractivity contribution >= 4 is 53.6 Å². The number of ether oxygens (including phenoxy) is 5. The van der Waals surface area contributed by atoms with Crippen LogP contribution in [0.3, 0.4) is 0 Å². The first-order valence-electron chi connectivity index (χ1n) is 18.2. The summed E-state index contributed by atoms with van der Waals surface area (Å²) in [6, 6.07) is 12.8. The Hall–Kier alpha value is -4.73. The minimum Gasteiger partial charge on any atom is -0.506 e. The first kappa shape index (κ1) is 41.4. The van der Waals surface area contributed by atoms with Crippen LogP contribution in [0.15, 0.2) is 77.9 Å². The van der Waals surface area contributed by atoms with Gasteiger partial charge < -0.3 is 58.7 Å². The van der Waals surface area contributed by atoms with E-state index >= 15 is 0 Å². The van der Waals surface area contributed by atoms with Gasteiger partial charge in [0, 0.05) is 23.3 Å². The lowest BCUT2D eigenvalue weighted by Crippen LogP contribution is -2.69. The Kier molecular flexibility index (Phi) is 10.8. The standard InChI is InChI=1S/C33H35NO13.C7H8O3S/c1-11-9-10-16-19-17(11)29(38)46-25-18-14(24(36)21(20(19)25)30(39)44-16)7-6-8-15(18)45-32-28(33(4,40)27(37)13(3)43-32)47-31-22(34)26(41-5)23(35)12(2)42-31;1-6-2-4-7(5-3-6)11(8,9)10/h6-10,12-13,22-23,26-28,31-32,35-37,40H,34H2,1-5H3;2-5H,1H3,(H,8,9,10)/t12-,13-,22-,23+,26-,27+,28+,31-,32+,33+;/m1./s1. The molecule has 6 aromatic rings. The molecule has 0 saturated carbocycles. The molecule has 310 valence electrons. The maximum Gasteiger partial charge on any atom is 0.348 e. The van der Waals surface area contributed by atoms with Crippen molar-refractivity contribution in [1.82, 2.24) is 0 Å². The second kappa shape index (κ2) is 15.1. The second-order valence-electron chi connectivity index (χ2n) is 14.8. The number of benzene rings is 4. The molecule has 0 spiro atoms. The van der Waals surface area contributed by atoms with Gasteiger partial charge in [-0.15, -0.1) is 0 Å². The number of aromatic hydroxyl groups is 1. The third kappa shape index (κ3) is 6.98. The van der Waals surface area contributed by atoms with Crippen LogP contribution in [0.1, 0.15) is 31.9 Å². The molecule has 4 aromatic carbocycles. The summed E-state index contributed by atoms with van der Waals surface area (Å²) in [4.78, 5) is 26.5. The van der Waals surface area contributed by atoms with E-state index in [9.17, 15) is 38.4 Å². The van der Waals surface area contributed by atoms with Gasteiger partial charge in [-0.05, 0) is 64.4 Å². The molecule has 10 atom stereocenters. The van der Waals surface area contributed by atoms with E-state index in [0.29, 0.717) is 10.9 Å². The molecule has 8 rings (SSSR count). The molecule has 2 aliphatic rings. The summed E-state index contributed by atoms with van der Waals surface area (Å²) < 4.78 is 70.8. The van der Waals surface area contributed by atoms with E-state index in [4.69, 9.17) is 42.8 Å². The Morgan fingerprint density at radius 2 is 1.48 bits per heavy atom. The highest BCUT2D eigenvalue weighted by Gasteiger charge is 2.56. The number of phenols is 1. The van der Waals surface area contributed by atoms with Crippen molar-refractivity contribution in [2.75, 3.05) is 7.11 Å². The first-order chi connectivity index (χ1) is 27.3. The quantitative estimate of drug-likeness (QED) is 0.0610. The fraction of sp³-hybridized carbons (Fsp3) is 0.400. The van der Waals surface area contributed by atoms with E-state index in [1.807, 2.05) is 6.92 Å². The van der Waals surface area contributed by atoms with Crippen molar-refractivity contribution in [3.05, 3.63) is 86.6 Å². The SMILES string of the molecule is CO[C@@H]1[C@@H](N)[C@@H](O[C@H]2[C@H](Oc3cccc4c(O)c5c(=O)oc6ccc(C)c7c(=O)oc(c34)c5c67)O[C@H](C)[C@H](O)[C@]2(C)O)O[C@H](C)[C@@H]1O.Cc1ccc(S(=O)(=O)O)cc1. The fourth-order valence-electron chi connectivity index (χ4n) is 7.67. The number of phenolic OH excluding ortho intramolecular Hbond substituents is 1. The van der Waals surface area contributed by atoms with Gasteiger partial charge in [0.05, 0.1) is 33.9 Å². The molecule has 2 aliphatic heterocycles. The molecule has 0 aliphatic carbocycles. The maximum atomic E-state index is 13.4. The zero-order chi connectivity index (χ0) is 42.2. The Bertz CT molecular complexity index is 2730. The number of hydrogen-bond donors (Lipinski definition) is 6. The smallest absolute Gasteiger partial charge is 0.348 e. The van der Waals surface area contributed by atoms with E-state index in [-0.39, 0.29) is 48.7 Å². The van der Waals surface area contributed by atoms with Crippen LogP contribution < -0.4 is 21.7 Å². The number of aryl methyl sites for hydroxylation is 2. The van der Waals surface area contributed by atoms with Crippen LogP contribution in [-0.2, 0) is 29.1 Å². The predicted octanol–water partition coefficient (Wildman–Crippen LogP) is 2.97. The highest BCUT2D eigenvalue weighted by molar-refractivity contribution is 7.85. The molecular weight excluding hydrogens is 782 g/mol. The molecule has 2 aromatic heterocycles. The predicted molar refractivity (Wildman–Crippen MR) is 208 cm³/mol. The largest absolute Gasteiger partial charge is 0.506 e. The maximum absolute atomic E-state index is 13.4. The summed E-state index contributed by atoms with van der Waals surface area (Å²) in [7, 11) is -2.63. The lowest BCUT2D eigenvalue weighted by molar-refractivity contribution is -0.356. The topological polar surface area (TPSA) is 268 Å². The van der Waals surface area contributed by atoms with Gasteiger partial charge in [0.15, 0.2) is 18.0 Å². The van der Waals surface area contributed by atoms with Crippen LogP contribution in [0.25, 0.3) is 43.5 Å². The van der Waals surface area contributed by atoms with Crippen molar-refractivity contribution in [3.63, 3.8) is 0 Å². The van der Waals surface area contributed by atoms with Gasteiger partial charge in [-0.25, -0.2) is 9.59 Å². The van der Waals surface area contributed by atoms with Crippen LogP contribution in [0.5, 0.6) is 11.5 Å². The van der Waals surface area contributed by atoms with E-state index < -0.39 is 88.0 Å². The lowest BCUT2D eigenvalue weighted by Gasteiger charge is -2.50. The minimum absolute atomic E-state index is 0.0328. The van der Waals surface area contributed by atoms with Crippen molar-refractivity contribution in [2.45, 2.75) is 100 Å². The molecule has 18 heteroatoms. The molecular formula is C40H43NO16S. The summed E-state index contributed by atoms with van der Waals surface area (Å²) in [5, 5.41) is 45.3. The molecule has 0 amide bonds. The van der Waals surface area contributed by atoms with E-state index in [1.165, 1.54) is 45.2 Å². The molecule has 17 nitrogen and oxygen atoms in total. The lowest BCUT2D eigenvalue weighted by atomic mass is 9.86. The van der Waals surface area contributed by atoms with Crippen LogP contribution in [0.4, 0.5) is 0 Å². The molecule has 0 radical (unpaired) electrons. The average Bonchev–Trinajstić information content (AvgIpc) is 3.16. The highest BCUT2D eigenvalue weighted by Crippen LogP contribution is 2.46. The Balaban J connectivity index is 0.000000404. The third-order valence-electron chi connectivity index (χ3n) is 10.8. The Labute approximate surface area is 330 Å². The van der Waals surface area contributed by atoms with Crippen LogP contribution in [0.2, 0.25) is 0 Å². The van der Waals surface area contributed by atoms with Crippen LogP contribution in [-0.4, -0.2) is 101 Å². The summed E-state index contributed by atoms with van der Waals surface area (Å²) >= 11 is 0. The van der Waals surface area contributed by atoms with E-state index in [0.717, 1.165) is 5.56 Å². The monoisotopic (exact) mass is 825 g/mol. The molecule has 58 heavy (non-hydrogen) atoms. The number of methoxy groups -OCH3 is 1. The molecule has 0 bridgehead atoms. The van der Waals surface area contributed by atoms with Crippen LogP contribution in [0, 0.1) is 13.8 Å². The van der Waals surface area contributed by atoms with Gasteiger partial charge in [-0.2, -0.15) is 8.42 Å². The summed E-state index contributed by atoms with van der Waals surface area (Å²) in [5.41, 5.74) is 4.47. The van der Waals surface area contributed by atoms with Gasteiger partial charge in [0.25, 0.3) is 10.1 Å². The number of hydrogen-bond acceptors (Lipinski definition) is 16. The molecule has 2 saturated heterocycles. The molecule has 4 heterocycles.